The van der Waals surface area contributed by atoms with Gasteiger partial charge in [-0.05, 0) is 24.5 Å². The Bertz CT molecular complexity index is 357. The van der Waals surface area contributed by atoms with Gasteiger partial charge in [-0.1, -0.05) is 15.9 Å². The molecule has 2 N–H and O–H groups in total. The highest BCUT2D eigenvalue weighted by molar-refractivity contribution is 9.10. The Morgan fingerprint density at radius 3 is 2.87 bits per heavy atom. The zero-order chi connectivity index (χ0) is 11.3. The van der Waals surface area contributed by atoms with Gasteiger partial charge in [-0.2, -0.15) is 11.8 Å². The summed E-state index contributed by atoms with van der Waals surface area (Å²) in [5.74, 6) is 0.0822. The number of hydrogen-bond acceptors (Lipinski definition) is 3. The van der Waals surface area contributed by atoms with Crippen molar-refractivity contribution in [3.05, 3.63) is 28.2 Å². The Labute approximate surface area is 101 Å². The van der Waals surface area contributed by atoms with Gasteiger partial charge in [0.1, 0.15) is 0 Å². The smallest absolute Gasteiger partial charge is 0.335 e. The number of carbonyl (C=O) groups is 1. The number of hydrogen-bond donors (Lipinski definition) is 2. The highest BCUT2D eigenvalue weighted by Crippen LogP contribution is 2.19. The van der Waals surface area contributed by atoms with E-state index in [-0.39, 0.29) is 5.56 Å². The fourth-order valence-corrected chi connectivity index (χ4v) is 1.91. The quantitative estimate of drug-likeness (QED) is 0.819. The summed E-state index contributed by atoms with van der Waals surface area (Å²) in [6.07, 6.45) is 2.03. The SMILES string of the molecule is CSCCNc1cc(Br)cc(C(=O)O)c1. The maximum Gasteiger partial charge on any atom is 0.335 e. The van der Waals surface area contributed by atoms with Crippen LogP contribution >= 0.6 is 27.7 Å². The van der Waals surface area contributed by atoms with E-state index >= 15 is 0 Å². The van der Waals surface area contributed by atoms with Gasteiger partial charge in [-0.15, -0.1) is 0 Å². The molecule has 0 aliphatic heterocycles. The molecule has 0 spiro atoms. The Morgan fingerprint density at radius 1 is 1.53 bits per heavy atom. The topological polar surface area (TPSA) is 49.3 Å². The Hall–Kier alpha value is -0.680. The van der Waals surface area contributed by atoms with Crippen LogP contribution in [0, 0.1) is 0 Å². The highest BCUT2D eigenvalue weighted by Gasteiger charge is 2.05. The third-order valence-corrected chi connectivity index (χ3v) is 2.85. The zero-order valence-corrected chi connectivity index (χ0v) is 10.7. The van der Waals surface area contributed by atoms with E-state index in [0.717, 1.165) is 22.5 Å². The molecule has 15 heavy (non-hydrogen) atoms. The van der Waals surface area contributed by atoms with Crippen LogP contribution in [0.3, 0.4) is 0 Å². The molecule has 0 amide bonds. The van der Waals surface area contributed by atoms with Crippen molar-refractivity contribution in [2.75, 3.05) is 23.9 Å². The molecule has 1 aromatic carbocycles. The molecule has 0 saturated heterocycles. The van der Waals surface area contributed by atoms with Crippen LogP contribution in [0.4, 0.5) is 5.69 Å². The highest BCUT2D eigenvalue weighted by atomic mass is 79.9. The van der Waals surface area contributed by atoms with Crippen LogP contribution in [-0.2, 0) is 0 Å². The van der Waals surface area contributed by atoms with E-state index in [2.05, 4.69) is 21.2 Å². The molecule has 0 unspecified atom stereocenters. The molecule has 82 valence electrons. The van der Waals surface area contributed by atoms with Gasteiger partial charge in [0.15, 0.2) is 0 Å². The molecule has 0 radical (unpaired) electrons. The van der Waals surface area contributed by atoms with Crippen LogP contribution < -0.4 is 5.32 Å². The number of carboxylic acid groups (broad SMARTS) is 1. The zero-order valence-electron chi connectivity index (χ0n) is 8.29. The van der Waals surface area contributed by atoms with E-state index in [1.54, 1.807) is 23.9 Å². The monoisotopic (exact) mass is 289 g/mol. The van der Waals surface area contributed by atoms with Crippen molar-refractivity contribution in [2.45, 2.75) is 0 Å². The molecule has 1 aromatic rings. The van der Waals surface area contributed by atoms with Crippen molar-refractivity contribution in [2.24, 2.45) is 0 Å². The second-order valence-electron chi connectivity index (χ2n) is 2.95. The van der Waals surface area contributed by atoms with Crippen molar-refractivity contribution in [1.29, 1.82) is 0 Å². The molecule has 0 atom stereocenters. The molecule has 0 aliphatic rings. The lowest BCUT2D eigenvalue weighted by atomic mass is 10.2. The number of benzene rings is 1. The van der Waals surface area contributed by atoms with Gasteiger partial charge >= 0.3 is 5.97 Å². The fraction of sp³-hybridized carbons (Fsp3) is 0.300. The second-order valence-corrected chi connectivity index (χ2v) is 4.85. The Balaban J connectivity index is 2.75. The summed E-state index contributed by atoms with van der Waals surface area (Å²) in [4.78, 5) is 10.8. The maximum absolute atomic E-state index is 10.8. The van der Waals surface area contributed by atoms with Crippen molar-refractivity contribution < 1.29 is 9.90 Å². The molecule has 0 aromatic heterocycles. The van der Waals surface area contributed by atoms with Crippen molar-refractivity contribution >= 4 is 39.3 Å². The first kappa shape index (κ1) is 12.4. The fourth-order valence-electron chi connectivity index (χ4n) is 1.11. The van der Waals surface area contributed by atoms with E-state index < -0.39 is 5.97 Å². The minimum atomic E-state index is -0.913. The lowest BCUT2D eigenvalue weighted by Crippen LogP contribution is -2.05. The van der Waals surface area contributed by atoms with Gasteiger partial charge < -0.3 is 10.4 Å². The van der Waals surface area contributed by atoms with Crippen molar-refractivity contribution in [3.8, 4) is 0 Å². The molecule has 0 heterocycles. The van der Waals surface area contributed by atoms with Crippen molar-refractivity contribution in [3.63, 3.8) is 0 Å². The molecule has 1 rings (SSSR count). The van der Waals surface area contributed by atoms with E-state index in [1.807, 2.05) is 12.3 Å². The number of anilines is 1. The molecule has 3 nitrogen and oxygen atoms in total. The van der Waals surface area contributed by atoms with Gasteiger partial charge in [0.05, 0.1) is 5.56 Å². The summed E-state index contributed by atoms with van der Waals surface area (Å²) in [6.45, 7) is 0.830. The van der Waals surface area contributed by atoms with E-state index in [4.69, 9.17) is 5.11 Å². The maximum atomic E-state index is 10.8. The van der Waals surface area contributed by atoms with Crippen LogP contribution in [0.1, 0.15) is 10.4 Å². The number of thioether (sulfide) groups is 1. The molecule has 0 fully saturated rings. The first-order valence-electron chi connectivity index (χ1n) is 4.40. The van der Waals surface area contributed by atoms with Crippen LogP contribution in [0.25, 0.3) is 0 Å². The molecule has 5 heteroatoms. The number of aromatic carboxylic acids is 1. The third-order valence-electron chi connectivity index (χ3n) is 1.78. The number of nitrogens with one attached hydrogen (secondary N) is 1. The van der Waals surface area contributed by atoms with Crippen LogP contribution in [0.15, 0.2) is 22.7 Å². The Morgan fingerprint density at radius 2 is 2.27 bits per heavy atom. The standard InChI is InChI=1S/C10H12BrNO2S/c1-15-3-2-12-9-5-7(10(13)14)4-8(11)6-9/h4-6,12H,2-3H2,1H3,(H,13,14). The van der Waals surface area contributed by atoms with Crippen molar-refractivity contribution in [1.82, 2.24) is 0 Å². The van der Waals surface area contributed by atoms with Crippen LogP contribution in [0.2, 0.25) is 0 Å². The molecule has 0 saturated carbocycles. The van der Waals surface area contributed by atoms with Gasteiger partial charge in [0.25, 0.3) is 0 Å². The summed E-state index contributed by atoms with van der Waals surface area (Å²) in [6, 6.07) is 5.09. The summed E-state index contributed by atoms with van der Waals surface area (Å²) in [7, 11) is 0. The average molecular weight is 290 g/mol. The summed E-state index contributed by atoms with van der Waals surface area (Å²) in [5, 5.41) is 12.0. The molecule has 0 bridgehead atoms. The van der Waals surface area contributed by atoms with E-state index in [1.165, 1.54) is 0 Å². The van der Waals surface area contributed by atoms with Gasteiger partial charge in [0, 0.05) is 22.5 Å². The lowest BCUT2D eigenvalue weighted by Gasteiger charge is -2.07. The van der Waals surface area contributed by atoms with Crippen LogP contribution in [0.5, 0.6) is 0 Å². The Kier molecular flexibility index (Phi) is 4.98. The average Bonchev–Trinajstić information content (AvgIpc) is 2.17. The summed E-state index contributed by atoms with van der Waals surface area (Å²) >= 11 is 5.03. The number of rotatable bonds is 5. The second kappa shape index (κ2) is 6.02. The van der Waals surface area contributed by atoms with Gasteiger partial charge in [0.2, 0.25) is 0 Å². The summed E-state index contributed by atoms with van der Waals surface area (Å²) < 4.78 is 0.772. The predicted octanol–water partition coefficient (Wildman–Crippen LogP) is 2.92. The molecule has 0 aliphatic carbocycles. The lowest BCUT2D eigenvalue weighted by molar-refractivity contribution is 0.0697. The minimum Gasteiger partial charge on any atom is -0.478 e. The normalized spacial score (nSPS) is 10.0. The van der Waals surface area contributed by atoms with Gasteiger partial charge in [-0.25, -0.2) is 4.79 Å². The van der Waals surface area contributed by atoms with Gasteiger partial charge in [-0.3, -0.25) is 0 Å². The number of carboxylic acids is 1. The first-order chi connectivity index (χ1) is 7.13. The predicted molar refractivity (Wildman–Crippen MR) is 68.0 cm³/mol. The largest absolute Gasteiger partial charge is 0.478 e. The first-order valence-corrected chi connectivity index (χ1v) is 6.59. The molecular formula is C10H12BrNO2S. The number of halogens is 1. The molecular weight excluding hydrogens is 278 g/mol. The van der Waals surface area contributed by atoms with Crippen LogP contribution in [-0.4, -0.2) is 29.6 Å². The minimum absolute atomic E-state index is 0.288. The summed E-state index contributed by atoms with van der Waals surface area (Å²) in [5.41, 5.74) is 1.12. The third kappa shape index (κ3) is 4.13. The van der Waals surface area contributed by atoms with E-state index in [9.17, 15) is 4.79 Å². The van der Waals surface area contributed by atoms with E-state index in [0.29, 0.717) is 0 Å².